The Kier molecular flexibility index (Phi) is 10.4. The number of nitrogens with one attached hydrogen (secondary N) is 3. The van der Waals surface area contributed by atoms with Crippen LogP contribution in [0.4, 0.5) is 24.5 Å². The van der Waals surface area contributed by atoms with Gasteiger partial charge in [0.25, 0.3) is 0 Å². The van der Waals surface area contributed by atoms with E-state index in [9.17, 15) is 35.1 Å². The number of alkyl halides is 3. The van der Waals surface area contributed by atoms with Crippen LogP contribution in [-0.4, -0.2) is 76.5 Å². The van der Waals surface area contributed by atoms with Crippen molar-refractivity contribution in [3.63, 3.8) is 0 Å². The number of hydrogen-bond acceptors (Lipinski definition) is 8. The molecule has 240 valence electrons. The van der Waals surface area contributed by atoms with Gasteiger partial charge in [0.1, 0.15) is 22.1 Å². The zero-order chi connectivity index (χ0) is 32.1. The van der Waals surface area contributed by atoms with Crippen LogP contribution in [0, 0.1) is 11.8 Å². The summed E-state index contributed by atoms with van der Waals surface area (Å²) >= 11 is 0. The molecule has 3 aromatic rings. The Hall–Kier alpha value is -3.45. The molecule has 0 aliphatic carbocycles. The maximum Gasteiger partial charge on any atom is 0.406 e. The summed E-state index contributed by atoms with van der Waals surface area (Å²) < 4.78 is 98.2. The number of aliphatic hydroxyl groups is 1. The fourth-order valence-electron chi connectivity index (χ4n) is 4.81. The van der Waals surface area contributed by atoms with Crippen molar-refractivity contribution in [1.29, 1.82) is 0 Å². The van der Waals surface area contributed by atoms with E-state index in [0.717, 1.165) is 4.57 Å². The number of fused-ring (bicyclic) bond motifs is 1. The third-order valence-electron chi connectivity index (χ3n) is 7.24. The lowest BCUT2D eigenvalue weighted by atomic mass is 10.1. The number of rotatable bonds is 11. The van der Waals surface area contributed by atoms with E-state index in [1.165, 1.54) is 25.3 Å². The predicted molar refractivity (Wildman–Crippen MR) is 163 cm³/mol. The standard InChI is InChI=1S/C29H35F3N4O6S2/c1-3-22(37)18-34-44(40,41)23-9-10-26(28(17-23)42-2)33-13-5-6-21-16-24-25(35-20-11-14-43(38,39)15-12-20)7-4-8-27(24)36(21)19-29(30,31)32/h4,7-10,16-17,20,22,33-35,37H,3,11-15,18-19H2,1-2H3. The first-order valence-electron chi connectivity index (χ1n) is 14.0. The van der Waals surface area contributed by atoms with Crippen LogP contribution < -0.4 is 20.1 Å². The molecule has 0 amide bonds. The van der Waals surface area contributed by atoms with E-state index in [2.05, 4.69) is 27.2 Å². The van der Waals surface area contributed by atoms with E-state index >= 15 is 0 Å². The lowest BCUT2D eigenvalue weighted by molar-refractivity contribution is -0.140. The zero-order valence-corrected chi connectivity index (χ0v) is 25.9. The van der Waals surface area contributed by atoms with Gasteiger partial charge in [-0.2, -0.15) is 13.2 Å². The van der Waals surface area contributed by atoms with Crippen LogP contribution >= 0.6 is 0 Å². The molecule has 1 aliphatic rings. The molecule has 15 heteroatoms. The molecule has 1 unspecified atom stereocenters. The zero-order valence-electron chi connectivity index (χ0n) is 24.2. The number of methoxy groups -OCH3 is 1. The molecular formula is C29H35F3N4O6S2. The topological polar surface area (TPSA) is 139 Å². The summed E-state index contributed by atoms with van der Waals surface area (Å²) in [6.45, 7) is 0.362. The molecule has 1 saturated heterocycles. The van der Waals surface area contributed by atoms with Crippen molar-refractivity contribution in [2.75, 3.05) is 42.3 Å². The number of nitrogens with zero attached hydrogens (tertiary/aromatic N) is 1. The van der Waals surface area contributed by atoms with Crippen molar-refractivity contribution in [3.8, 4) is 17.6 Å². The summed E-state index contributed by atoms with van der Waals surface area (Å²) in [5, 5.41) is 16.5. The summed E-state index contributed by atoms with van der Waals surface area (Å²) in [6, 6.07) is 10.6. The van der Waals surface area contributed by atoms with Crippen molar-refractivity contribution in [2.45, 2.75) is 55.9 Å². The van der Waals surface area contributed by atoms with Crippen molar-refractivity contribution in [3.05, 3.63) is 48.2 Å². The predicted octanol–water partition coefficient (Wildman–Crippen LogP) is 3.71. The lowest BCUT2D eigenvalue weighted by Crippen LogP contribution is -2.32. The number of aromatic nitrogens is 1. The summed E-state index contributed by atoms with van der Waals surface area (Å²) in [6.07, 6.45) is -4.10. The molecule has 2 aromatic carbocycles. The number of sulfone groups is 1. The van der Waals surface area contributed by atoms with Gasteiger partial charge in [0, 0.05) is 29.7 Å². The molecule has 1 fully saturated rings. The van der Waals surface area contributed by atoms with Gasteiger partial charge < -0.3 is 25.0 Å². The van der Waals surface area contributed by atoms with Gasteiger partial charge in [-0.3, -0.25) is 0 Å². The molecule has 44 heavy (non-hydrogen) atoms. The second-order valence-corrected chi connectivity index (χ2v) is 14.5. The first kappa shape index (κ1) is 33.4. The molecule has 10 nitrogen and oxygen atoms in total. The SMILES string of the molecule is CCC(O)CNS(=O)(=O)c1ccc(NCC#Cc2cc3c(NC4CCS(=O)(=O)CC4)cccc3n2CC(F)(F)F)c(OC)c1. The largest absolute Gasteiger partial charge is 0.495 e. The van der Waals surface area contributed by atoms with Gasteiger partial charge in [-0.1, -0.05) is 18.9 Å². The average molecular weight is 657 g/mol. The second-order valence-electron chi connectivity index (χ2n) is 10.5. The monoisotopic (exact) mass is 656 g/mol. The van der Waals surface area contributed by atoms with Crippen molar-refractivity contribution < 1.29 is 39.9 Å². The van der Waals surface area contributed by atoms with Crippen LogP contribution in [0.15, 0.2) is 47.4 Å². The van der Waals surface area contributed by atoms with Crippen LogP contribution in [0.5, 0.6) is 5.75 Å². The maximum absolute atomic E-state index is 13.6. The number of halogens is 3. The molecular weight excluding hydrogens is 621 g/mol. The van der Waals surface area contributed by atoms with Gasteiger partial charge in [-0.15, -0.1) is 0 Å². The normalized spacial score (nSPS) is 16.2. The second kappa shape index (κ2) is 13.7. The third-order valence-corrected chi connectivity index (χ3v) is 10.4. The maximum atomic E-state index is 13.6. The molecule has 0 radical (unpaired) electrons. The highest BCUT2D eigenvalue weighted by Gasteiger charge is 2.30. The van der Waals surface area contributed by atoms with Gasteiger partial charge in [-0.25, -0.2) is 21.6 Å². The van der Waals surface area contributed by atoms with E-state index in [0.29, 0.717) is 41.5 Å². The van der Waals surface area contributed by atoms with Gasteiger partial charge in [0.15, 0.2) is 0 Å². The molecule has 4 rings (SSSR count). The van der Waals surface area contributed by atoms with Gasteiger partial charge in [0.05, 0.1) is 53.1 Å². The lowest BCUT2D eigenvalue weighted by Gasteiger charge is -2.24. The minimum atomic E-state index is -4.50. The Labute approximate surface area is 254 Å². The number of sulfonamides is 1. The number of ether oxygens (including phenoxy) is 1. The number of aliphatic hydroxyl groups excluding tert-OH is 1. The molecule has 0 saturated carbocycles. The molecule has 1 atom stereocenters. The number of benzene rings is 2. The fourth-order valence-corrected chi connectivity index (χ4v) is 7.39. The molecule has 0 bridgehead atoms. The Morgan fingerprint density at radius 1 is 1.14 bits per heavy atom. The van der Waals surface area contributed by atoms with E-state index in [1.807, 2.05) is 0 Å². The number of hydrogen-bond donors (Lipinski definition) is 4. The quantitative estimate of drug-likeness (QED) is 0.229. The number of anilines is 2. The van der Waals surface area contributed by atoms with Gasteiger partial charge >= 0.3 is 6.18 Å². The van der Waals surface area contributed by atoms with Gasteiger partial charge in [-0.05, 0) is 55.5 Å². The third kappa shape index (κ3) is 8.59. The highest BCUT2D eigenvalue weighted by molar-refractivity contribution is 7.91. The molecule has 1 aliphatic heterocycles. The summed E-state index contributed by atoms with van der Waals surface area (Å²) in [5.41, 5.74) is 1.51. The Morgan fingerprint density at radius 3 is 2.52 bits per heavy atom. The van der Waals surface area contributed by atoms with E-state index in [1.54, 1.807) is 31.2 Å². The Balaban J connectivity index is 1.54. The van der Waals surface area contributed by atoms with Crippen LogP contribution in [0.25, 0.3) is 10.9 Å². The van der Waals surface area contributed by atoms with Crippen LogP contribution in [0.2, 0.25) is 0 Å². The van der Waals surface area contributed by atoms with Crippen LogP contribution in [0.3, 0.4) is 0 Å². The van der Waals surface area contributed by atoms with Crippen LogP contribution in [-0.2, 0) is 26.4 Å². The highest BCUT2D eigenvalue weighted by Crippen LogP contribution is 2.32. The molecule has 1 aromatic heterocycles. The highest BCUT2D eigenvalue weighted by atomic mass is 32.2. The van der Waals surface area contributed by atoms with Crippen molar-refractivity contribution >= 4 is 42.1 Å². The fraction of sp³-hybridized carbons (Fsp3) is 0.448. The van der Waals surface area contributed by atoms with Crippen molar-refractivity contribution in [1.82, 2.24) is 9.29 Å². The van der Waals surface area contributed by atoms with E-state index in [-0.39, 0.29) is 47.0 Å². The molecule has 2 heterocycles. The van der Waals surface area contributed by atoms with Gasteiger partial charge in [0.2, 0.25) is 10.0 Å². The smallest absolute Gasteiger partial charge is 0.406 e. The Bertz CT molecular complexity index is 1750. The first-order valence-corrected chi connectivity index (χ1v) is 17.3. The first-order chi connectivity index (χ1) is 20.7. The minimum absolute atomic E-state index is 0.0125. The average Bonchev–Trinajstić information content (AvgIpc) is 3.31. The summed E-state index contributed by atoms with van der Waals surface area (Å²) in [5.74, 6) is 5.98. The van der Waals surface area contributed by atoms with E-state index in [4.69, 9.17) is 4.74 Å². The molecule has 0 spiro atoms. The van der Waals surface area contributed by atoms with E-state index < -0.39 is 38.7 Å². The van der Waals surface area contributed by atoms with Crippen molar-refractivity contribution in [2.24, 2.45) is 0 Å². The minimum Gasteiger partial charge on any atom is -0.495 e. The van der Waals surface area contributed by atoms with Crippen LogP contribution in [0.1, 0.15) is 31.9 Å². The summed E-state index contributed by atoms with van der Waals surface area (Å²) in [7, 11) is -5.60. The molecule has 4 N–H and O–H groups in total. The Morgan fingerprint density at radius 2 is 1.86 bits per heavy atom. The summed E-state index contributed by atoms with van der Waals surface area (Å²) in [4.78, 5) is -0.0646.